The van der Waals surface area contributed by atoms with Crippen molar-refractivity contribution in [3.63, 3.8) is 0 Å². The zero-order valence-electron chi connectivity index (χ0n) is 9.23. The summed E-state index contributed by atoms with van der Waals surface area (Å²) in [6, 6.07) is 7.17. The van der Waals surface area contributed by atoms with E-state index in [1.54, 1.807) is 12.2 Å². The molecule has 0 heterocycles. The van der Waals surface area contributed by atoms with Crippen LogP contribution in [0.15, 0.2) is 30.3 Å². The zero-order valence-corrected chi connectivity index (χ0v) is 9.23. The number of hydrogen-bond donors (Lipinski definition) is 3. The van der Waals surface area contributed by atoms with Crippen LogP contribution in [0.2, 0.25) is 0 Å². The number of aliphatic hydroxyl groups is 1. The average Bonchev–Trinajstić information content (AvgIpc) is 2.27. The molecule has 4 nitrogen and oxygen atoms in total. The van der Waals surface area contributed by atoms with Crippen molar-refractivity contribution in [1.82, 2.24) is 5.32 Å². The Morgan fingerprint density at radius 2 is 2.31 bits per heavy atom. The van der Waals surface area contributed by atoms with Gasteiger partial charge in [0.05, 0.1) is 6.61 Å². The van der Waals surface area contributed by atoms with Gasteiger partial charge in [-0.2, -0.15) is 0 Å². The fourth-order valence-corrected chi connectivity index (χ4v) is 1.24. The minimum absolute atomic E-state index is 0.00791. The maximum absolute atomic E-state index is 11.3. The van der Waals surface area contributed by atoms with Gasteiger partial charge in [0.2, 0.25) is 0 Å². The minimum Gasteiger partial charge on any atom is -0.392 e. The number of rotatable bonds is 4. The van der Waals surface area contributed by atoms with Crippen molar-refractivity contribution < 1.29 is 9.90 Å². The first-order valence-electron chi connectivity index (χ1n) is 5.18. The van der Waals surface area contributed by atoms with E-state index >= 15 is 0 Å². The highest BCUT2D eigenvalue weighted by Crippen LogP contribution is 2.11. The van der Waals surface area contributed by atoms with E-state index in [-0.39, 0.29) is 12.6 Å². The molecule has 1 aromatic rings. The molecule has 0 saturated heterocycles. The van der Waals surface area contributed by atoms with Crippen molar-refractivity contribution in [1.29, 1.82) is 0 Å². The van der Waals surface area contributed by atoms with E-state index in [0.29, 0.717) is 6.54 Å². The number of carbonyl (C=O) groups excluding carboxylic acids is 1. The molecule has 0 aromatic heterocycles. The fraction of sp³-hybridized carbons (Fsp3) is 0.250. The summed E-state index contributed by atoms with van der Waals surface area (Å²) in [5, 5.41) is 14.0. The second kappa shape index (κ2) is 6.63. The first-order valence-corrected chi connectivity index (χ1v) is 5.18. The minimum atomic E-state index is -0.217. The Morgan fingerprint density at radius 1 is 1.50 bits per heavy atom. The summed E-state index contributed by atoms with van der Waals surface area (Å²) in [5.41, 5.74) is 1.66. The van der Waals surface area contributed by atoms with Crippen LogP contribution in [0.3, 0.4) is 0 Å². The third-order valence-corrected chi connectivity index (χ3v) is 1.90. The summed E-state index contributed by atoms with van der Waals surface area (Å²) in [7, 11) is 0. The van der Waals surface area contributed by atoms with E-state index in [0.717, 1.165) is 11.3 Å². The van der Waals surface area contributed by atoms with Gasteiger partial charge in [-0.05, 0) is 24.6 Å². The van der Waals surface area contributed by atoms with Crippen molar-refractivity contribution in [3.05, 3.63) is 35.9 Å². The van der Waals surface area contributed by atoms with Crippen molar-refractivity contribution in [2.45, 2.75) is 6.92 Å². The molecule has 0 aliphatic rings. The molecule has 0 atom stereocenters. The van der Waals surface area contributed by atoms with Crippen molar-refractivity contribution in [2.24, 2.45) is 0 Å². The van der Waals surface area contributed by atoms with Gasteiger partial charge in [-0.1, -0.05) is 24.3 Å². The molecule has 0 saturated carbocycles. The molecule has 0 radical (unpaired) electrons. The van der Waals surface area contributed by atoms with Gasteiger partial charge in [-0.3, -0.25) is 0 Å². The van der Waals surface area contributed by atoms with Crippen LogP contribution in [0.25, 0.3) is 6.08 Å². The molecule has 86 valence electrons. The predicted octanol–water partition coefficient (Wildman–Crippen LogP) is 1.83. The number of carbonyl (C=O) groups is 1. The van der Waals surface area contributed by atoms with Crippen LogP contribution in [-0.2, 0) is 0 Å². The third kappa shape index (κ3) is 4.14. The van der Waals surface area contributed by atoms with Crippen LogP contribution in [-0.4, -0.2) is 24.3 Å². The van der Waals surface area contributed by atoms with E-state index in [1.165, 1.54) is 0 Å². The molecule has 0 bridgehead atoms. The Morgan fingerprint density at radius 3 is 3.00 bits per heavy atom. The smallest absolute Gasteiger partial charge is 0.319 e. The number of nitrogens with one attached hydrogen (secondary N) is 2. The van der Waals surface area contributed by atoms with Crippen LogP contribution in [0.4, 0.5) is 10.5 Å². The Labute approximate surface area is 95.0 Å². The lowest BCUT2D eigenvalue weighted by molar-refractivity contribution is 0.252. The van der Waals surface area contributed by atoms with Crippen molar-refractivity contribution in [3.8, 4) is 0 Å². The molecule has 2 amide bonds. The lowest BCUT2D eigenvalue weighted by Crippen LogP contribution is -2.28. The van der Waals surface area contributed by atoms with E-state index in [2.05, 4.69) is 10.6 Å². The molecule has 1 aromatic carbocycles. The highest BCUT2D eigenvalue weighted by Gasteiger charge is 1.99. The summed E-state index contributed by atoms with van der Waals surface area (Å²) >= 11 is 0. The largest absolute Gasteiger partial charge is 0.392 e. The average molecular weight is 220 g/mol. The summed E-state index contributed by atoms with van der Waals surface area (Å²) in [4.78, 5) is 11.3. The highest BCUT2D eigenvalue weighted by atomic mass is 16.2. The lowest BCUT2D eigenvalue weighted by atomic mass is 10.2. The Kier molecular flexibility index (Phi) is 5.08. The van der Waals surface area contributed by atoms with Gasteiger partial charge in [0.1, 0.15) is 0 Å². The topological polar surface area (TPSA) is 61.4 Å². The van der Waals surface area contributed by atoms with Crippen LogP contribution in [0, 0.1) is 0 Å². The number of amides is 2. The molecule has 4 heteroatoms. The molecule has 3 N–H and O–H groups in total. The Hall–Kier alpha value is -1.81. The van der Waals surface area contributed by atoms with Gasteiger partial charge in [-0.25, -0.2) is 4.79 Å². The molecule has 0 aliphatic heterocycles. The lowest BCUT2D eigenvalue weighted by Gasteiger charge is -2.06. The number of urea groups is 1. The van der Waals surface area contributed by atoms with E-state index < -0.39 is 0 Å². The van der Waals surface area contributed by atoms with Gasteiger partial charge in [0.15, 0.2) is 0 Å². The number of anilines is 1. The highest BCUT2D eigenvalue weighted by molar-refractivity contribution is 5.89. The van der Waals surface area contributed by atoms with E-state index in [4.69, 9.17) is 5.11 Å². The maximum atomic E-state index is 11.3. The normalized spacial score (nSPS) is 10.4. The van der Waals surface area contributed by atoms with Gasteiger partial charge >= 0.3 is 6.03 Å². The van der Waals surface area contributed by atoms with Gasteiger partial charge in [0.25, 0.3) is 0 Å². The number of hydrogen-bond acceptors (Lipinski definition) is 2. The van der Waals surface area contributed by atoms with Crippen LogP contribution in [0.5, 0.6) is 0 Å². The van der Waals surface area contributed by atoms with Crippen LogP contribution >= 0.6 is 0 Å². The molecule has 1 rings (SSSR count). The monoisotopic (exact) mass is 220 g/mol. The molecule has 0 aliphatic carbocycles. The summed E-state index contributed by atoms with van der Waals surface area (Å²) in [5.74, 6) is 0. The Bertz CT molecular complexity index is 375. The van der Waals surface area contributed by atoms with Crippen LogP contribution in [0.1, 0.15) is 12.5 Å². The van der Waals surface area contributed by atoms with Gasteiger partial charge in [0, 0.05) is 12.2 Å². The molecule has 0 fully saturated rings. The van der Waals surface area contributed by atoms with Gasteiger partial charge < -0.3 is 15.7 Å². The summed E-state index contributed by atoms with van der Waals surface area (Å²) in [6.45, 7) is 2.46. The third-order valence-electron chi connectivity index (χ3n) is 1.90. The standard InChI is InChI=1S/C12H16N2O2/c1-2-13-12(16)14-11-7-3-5-10(9-11)6-4-8-15/h3-7,9,15H,2,8H2,1H3,(H2,13,14,16)/b6-4+. The summed E-state index contributed by atoms with van der Waals surface area (Å²) < 4.78 is 0. The van der Waals surface area contributed by atoms with Crippen LogP contribution < -0.4 is 10.6 Å². The number of benzene rings is 1. The predicted molar refractivity (Wildman–Crippen MR) is 65.3 cm³/mol. The molecular formula is C12H16N2O2. The quantitative estimate of drug-likeness (QED) is 0.725. The summed E-state index contributed by atoms with van der Waals surface area (Å²) in [6.07, 6.45) is 3.44. The number of aliphatic hydroxyl groups excluding tert-OH is 1. The first kappa shape index (κ1) is 12.3. The van der Waals surface area contributed by atoms with Gasteiger partial charge in [-0.15, -0.1) is 0 Å². The molecular weight excluding hydrogens is 204 g/mol. The van der Waals surface area contributed by atoms with E-state index in [1.807, 2.05) is 31.2 Å². The Balaban J connectivity index is 2.67. The molecule has 16 heavy (non-hydrogen) atoms. The van der Waals surface area contributed by atoms with E-state index in [9.17, 15) is 4.79 Å². The maximum Gasteiger partial charge on any atom is 0.319 e. The fourth-order valence-electron chi connectivity index (χ4n) is 1.24. The second-order valence-electron chi connectivity index (χ2n) is 3.19. The molecule has 0 unspecified atom stereocenters. The second-order valence-corrected chi connectivity index (χ2v) is 3.19. The SMILES string of the molecule is CCNC(=O)Nc1cccc(/C=C/CO)c1. The zero-order chi connectivity index (χ0) is 11.8. The first-order chi connectivity index (χ1) is 7.76. The van der Waals surface area contributed by atoms with Crippen molar-refractivity contribution in [2.75, 3.05) is 18.5 Å². The van der Waals surface area contributed by atoms with Crippen molar-refractivity contribution >= 4 is 17.8 Å². The molecule has 0 spiro atoms.